The fourth-order valence-electron chi connectivity index (χ4n) is 4.17. The summed E-state index contributed by atoms with van der Waals surface area (Å²) in [4.78, 5) is 2.70. The Hall–Kier alpha value is -1.64. The zero-order valence-corrected chi connectivity index (χ0v) is 16.0. The Morgan fingerprint density at radius 3 is 1.62 bits per heavy atom. The average Bonchev–Trinajstić information content (AvgIpc) is 2.72. The van der Waals surface area contributed by atoms with Crippen molar-refractivity contribution >= 4 is 0 Å². The third-order valence-electron chi connectivity index (χ3n) is 5.94. The summed E-state index contributed by atoms with van der Waals surface area (Å²) < 4.78 is 0. The van der Waals surface area contributed by atoms with E-state index in [9.17, 15) is 0 Å². The lowest BCUT2D eigenvalue weighted by atomic mass is 9.82. The first-order valence-electron chi connectivity index (χ1n) is 10.3. The molecule has 0 spiro atoms. The third-order valence-corrected chi connectivity index (χ3v) is 5.94. The molecule has 0 amide bonds. The van der Waals surface area contributed by atoms with Crippen LogP contribution in [0.25, 0.3) is 0 Å². The van der Waals surface area contributed by atoms with E-state index in [0.29, 0.717) is 0 Å². The molecule has 1 fully saturated rings. The zero-order valence-electron chi connectivity index (χ0n) is 16.0. The first-order valence-corrected chi connectivity index (χ1v) is 10.3. The Morgan fingerprint density at radius 1 is 0.692 bits per heavy atom. The van der Waals surface area contributed by atoms with Gasteiger partial charge in [-0.05, 0) is 68.0 Å². The number of rotatable bonds is 9. The summed E-state index contributed by atoms with van der Waals surface area (Å²) in [7, 11) is 0. The van der Waals surface area contributed by atoms with Gasteiger partial charge in [-0.1, -0.05) is 60.7 Å². The van der Waals surface area contributed by atoms with E-state index in [-0.39, 0.29) is 0 Å². The van der Waals surface area contributed by atoms with Crippen molar-refractivity contribution in [1.29, 1.82) is 0 Å². The number of benzene rings is 2. The van der Waals surface area contributed by atoms with E-state index < -0.39 is 0 Å². The van der Waals surface area contributed by atoms with Gasteiger partial charge in [-0.25, -0.2) is 0 Å². The third kappa shape index (κ3) is 6.26. The highest BCUT2D eigenvalue weighted by atomic mass is 15.1. The second-order valence-electron chi connectivity index (χ2n) is 7.89. The van der Waals surface area contributed by atoms with Gasteiger partial charge in [-0.2, -0.15) is 0 Å². The van der Waals surface area contributed by atoms with Crippen molar-refractivity contribution in [2.75, 3.05) is 26.2 Å². The zero-order chi connectivity index (χ0) is 18.0. The highest BCUT2D eigenvalue weighted by Crippen LogP contribution is 2.28. The lowest BCUT2D eigenvalue weighted by molar-refractivity contribution is 0.184. The van der Waals surface area contributed by atoms with Crippen LogP contribution in [0.3, 0.4) is 0 Å². The maximum absolute atomic E-state index is 5.86. The lowest BCUT2D eigenvalue weighted by Gasteiger charge is -2.32. The molecule has 2 N–H and O–H groups in total. The highest BCUT2D eigenvalue weighted by molar-refractivity contribution is 5.16. The standard InChI is InChI=1S/C24H34N2/c25-19-23-11-13-24(14-12-23)20-26(17-15-21-7-3-1-4-8-21)18-16-22-9-5-2-6-10-22/h1-10,23-24H,11-20,25H2. The summed E-state index contributed by atoms with van der Waals surface area (Å²) in [5, 5.41) is 0. The van der Waals surface area contributed by atoms with E-state index in [4.69, 9.17) is 5.73 Å². The first-order chi connectivity index (χ1) is 12.8. The molecule has 0 bridgehead atoms. The van der Waals surface area contributed by atoms with Gasteiger partial charge in [0.15, 0.2) is 0 Å². The van der Waals surface area contributed by atoms with Crippen molar-refractivity contribution in [1.82, 2.24) is 4.90 Å². The molecule has 3 rings (SSSR count). The van der Waals surface area contributed by atoms with Crippen LogP contribution in [0.4, 0.5) is 0 Å². The molecule has 140 valence electrons. The van der Waals surface area contributed by atoms with Gasteiger partial charge in [0.25, 0.3) is 0 Å². The second kappa shape index (κ2) is 10.5. The quantitative estimate of drug-likeness (QED) is 0.719. The van der Waals surface area contributed by atoms with Crippen LogP contribution >= 0.6 is 0 Å². The van der Waals surface area contributed by atoms with Crippen molar-refractivity contribution < 1.29 is 0 Å². The molecular weight excluding hydrogens is 316 g/mol. The molecule has 1 aliphatic carbocycles. The monoisotopic (exact) mass is 350 g/mol. The van der Waals surface area contributed by atoms with Gasteiger partial charge in [0.1, 0.15) is 0 Å². The predicted molar refractivity (Wildman–Crippen MR) is 111 cm³/mol. The minimum Gasteiger partial charge on any atom is -0.330 e. The Bertz CT molecular complexity index is 559. The molecular formula is C24H34N2. The van der Waals surface area contributed by atoms with E-state index >= 15 is 0 Å². The van der Waals surface area contributed by atoms with E-state index in [2.05, 4.69) is 65.6 Å². The Morgan fingerprint density at radius 2 is 1.15 bits per heavy atom. The molecule has 0 unspecified atom stereocenters. The van der Waals surface area contributed by atoms with Gasteiger partial charge in [0.2, 0.25) is 0 Å². The van der Waals surface area contributed by atoms with Crippen LogP contribution in [-0.4, -0.2) is 31.1 Å². The minimum absolute atomic E-state index is 0.772. The van der Waals surface area contributed by atoms with Crippen molar-refractivity contribution in [2.45, 2.75) is 38.5 Å². The Balaban J connectivity index is 1.53. The van der Waals surface area contributed by atoms with E-state index in [1.165, 1.54) is 43.4 Å². The van der Waals surface area contributed by atoms with Crippen LogP contribution in [-0.2, 0) is 12.8 Å². The number of hydrogen-bond donors (Lipinski definition) is 1. The summed E-state index contributed by atoms with van der Waals surface area (Å²) in [5.74, 6) is 1.62. The van der Waals surface area contributed by atoms with Gasteiger partial charge < -0.3 is 10.6 Å². The van der Waals surface area contributed by atoms with Crippen LogP contribution in [0.15, 0.2) is 60.7 Å². The van der Waals surface area contributed by atoms with Crippen LogP contribution in [0.1, 0.15) is 36.8 Å². The van der Waals surface area contributed by atoms with Crippen LogP contribution in [0.2, 0.25) is 0 Å². The summed E-state index contributed by atoms with van der Waals surface area (Å²) in [5.41, 5.74) is 8.76. The van der Waals surface area contributed by atoms with Crippen molar-refractivity contribution in [2.24, 2.45) is 17.6 Å². The molecule has 0 saturated heterocycles. The largest absolute Gasteiger partial charge is 0.330 e. The molecule has 2 nitrogen and oxygen atoms in total. The molecule has 0 atom stereocenters. The number of nitrogens with two attached hydrogens (primary N) is 1. The van der Waals surface area contributed by atoms with Gasteiger partial charge in [0, 0.05) is 19.6 Å². The summed E-state index contributed by atoms with van der Waals surface area (Å²) in [6.07, 6.45) is 7.66. The fraction of sp³-hybridized carbons (Fsp3) is 0.500. The lowest BCUT2D eigenvalue weighted by Crippen LogP contribution is -2.35. The summed E-state index contributed by atoms with van der Waals surface area (Å²) in [6, 6.07) is 21.8. The maximum Gasteiger partial charge on any atom is 0.00221 e. The number of nitrogens with zero attached hydrogens (tertiary/aromatic N) is 1. The highest BCUT2D eigenvalue weighted by Gasteiger charge is 2.22. The molecule has 0 radical (unpaired) electrons. The molecule has 2 aromatic carbocycles. The van der Waals surface area contributed by atoms with Crippen molar-refractivity contribution in [3.05, 3.63) is 71.8 Å². The summed E-state index contributed by atoms with van der Waals surface area (Å²) in [6.45, 7) is 4.44. The normalized spacial score (nSPS) is 20.4. The van der Waals surface area contributed by atoms with Crippen molar-refractivity contribution in [3.8, 4) is 0 Å². The minimum atomic E-state index is 0.772. The average molecular weight is 351 g/mol. The molecule has 0 heterocycles. The first kappa shape index (κ1) is 19.1. The van der Waals surface area contributed by atoms with Gasteiger partial charge in [-0.3, -0.25) is 0 Å². The Kier molecular flexibility index (Phi) is 7.72. The molecule has 1 saturated carbocycles. The van der Waals surface area contributed by atoms with Crippen LogP contribution in [0.5, 0.6) is 0 Å². The topological polar surface area (TPSA) is 29.3 Å². The molecule has 26 heavy (non-hydrogen) atoms. The van der Waals surface area contributed by atoms with Crippen molar-refractivity contribution in [3.63, 3.8) is 0 Å². The molecule has 0 aliphatic heterocycles. The predicted octanol–water partition coefficient (Wildman–Crippen LogP) is 4.54. The van der Waals surface area contributed by atoms with Gasteiger partial charge in [0.05, 0.1) is 0 Å². The van der Waals surface area contributed by atoms with E-state index in [0.717, 1.165) is 44.3 Å². The molecule has 2 aromatic rings. The van der Waals surface area contributed by atoms with E-state index in [1.807, 2.05) is 0 Å². The van der Waals surface area contributed by atoms with E-state index in [1.54, 1.807) is 0 Å². The summed E-state index contributed by atoms with van der Waals surface area (Å²) >= 11 is 0. The van der Waals surface area contributed by atoms with Gasteiger partial charge in [-0.15, -0.1) is 0 Å². The van der Waals surface area contributed by atoms with Crippen LogP contribution in [0, 0.1) is 11.8 Å². The number of hydrogen-bond acceptors (Lipinski definition) is 2. The van der Waals surface area contributed by atoms with Crippen LogP contribution < -0.4 is 5.73 Å². The molecule has 1 aliphatic rings. The fourth-order valence-corrected chi connectivity index (χ4v) is 4.17. The SMILES string of the molecule is NCC1CCC(CN(CCc2ccccc2)CCc2ccccc2)CC1. The smallest absolute Gasteiger partial charge is 0.00221 e. The maximum atomic E-state index is 5.86. The second-order valence-corrected chi connectivity index (χ2v) is 7.89. The molecule has 0 aromatic heterocycles. The molecule has 2 heteroatoms. The Labute approximate surface area is 159 Å². The van der Waals surface area contributed by atoms with Gasteiger partial charge >= 0.3 is 0 Å².